The van der Waals surface area contributed by atoms with Crippen LogP contribution >= 0.6 is 11.6 Å². The lowest BCUT2D eigenvalue weighted by Gasteiger charge is -2.06. The van der Waals surface area contributed by atoms with Gasteiger partial charge in [0, 0.05) is 6.20 Å². The second-order valence-electron chi connectivity index (χ2n) is 4.93. The molecule has 10 heteroatoms. The van der Waals surface area contributed by atoms with Crippen LogP contribution in [0.3, 0.4) is 0 Å². The molecular weight excluding hydrogens is 375 g/mol. The second kappa shape index (κ2) is 8.05. The molecule has 0 spiro atoms. The smallest absolute Gasteiger partial charge is 0.272 e. The number of nitrogens with zero attached hydrogens (tertiary/aromatic N) is 3. The molecule has 0 saturated heterocycles. The van der Waals surface area contributed by atoms with Crippen LogP contribution in [0.2, 0.25) is 5.02 Å². The maximum Gasteiger partial charge on any atom is 0.272 e. The maximum atomic E-state index is 13.0. The van der Waals surface area contributed by atoms with Crippen LogP contribution in [-0.2, 0) is 6.61 Å². The molecule has 0 atom stereocenters. The van der Waals surface area contributed by atoms with E-state index in [4.69, 9.17) is 25.6 Å². The highest BCUT2D eigenvalue weighted by Crippen LogP contribution is 2.27. The normalized spacial score (nSPS) is 11.0. The van der Waals surface area contributed by atoms with E-state index < -0.39 is 18.8 Å². The van der Waals surface area contributed by atoms with E-state index in [0.717, 1.165) is 6.07 Å². The van der Waals surface area contributed by atoms with Gasteiger partial charge in [-0.15, -0.1) is 0 Å². The van der Waals surface area contributed by atoms with E-state index in [1.807, 2.05) is 0 Å². The number of aromatic nitrogens is 3. The summed E-state index contributed by atoms with van der Waals surface area (Å²) in [6, 6.07) is 6.81. The van der Waals surface area contributed by atoms with Gasteiger partial charge >= 0.3 is 0 Å². The molecule has 0 aliphatic carbocycles. The van der Waals surface area contributed by atoms with Crippen LogP contribution in [0, 0.1) is 5.82 Å². The molecule has 0 amide bonds. The van der Waals surface area contributed by atoms with Gasteiger partial charge in [0.15, 0.2) is 13.2 Å². The Morgan fingerprint density at radius 2 is 2.04 bits per heavy atom. The Bertz CT molecular complexity index is 892. The van der Waals surface area contributed by atoms with Gasteiger partial charge in [-0.1, -0.05) is 16.8 Å². The monoisotopic (exact) mass is 385 g/mol. The number of halogens is 4. The fourth-order valence-electron chi connectivity index (χ4n) is 1.97. The predicted molar refractivity (Wildman–Crippen MR) is 84.8 cm³/mol. The number of alkyl halides is 2. The summed E-state index contributed by atoms with van der Waals surface area (Å²) in [7, 11) is 0. The molecule has 0 saturated carbocycles. The molecule has 2 heterocycles. The molecule has 0 aliphatic rings. The fourth-order valence-corrected chi connectivity index (χ4v) is 2.19. The first-order valence-corrected chi connectivity index (χ1v) is 7.67. The van der Waals surface area contributed by atoms with E-state index in [-0.39, 0.29) is 35.0 Å². The van der Waals surface area contributed by atoms with Crippen LogP contribution in [0.15, 0.2) is 41.1 Å². The van der Waals surface area contributed by atoms with Crippen molar-refractivity contribution in [1.82, 2.24) is 15.1 Å². The van der Waals surface area contributed by atoms with Crippen LogP contribution in [0.1, 0.15) is 5.89 Å². The lowest BCUT2D eigenvalue weighted by Crippen LogP contribution is -2.08. The lowest BCUT2D eigenvalue weighted by atomic mass is 10.2. The van der Waals surface area contributed by atoms with Crippen LogP contribution < -0.4 is 9.47 Å². The van der Waals surface area contributed by atoms with Crippen LogP contribution in [0.5, 0.6) is 11.6 Å². The summed E-state index contributed by atoms with van der Waals surface area (Å²) in [5.41, 5.74) is 0.294. The minimum atomic E-state index is -2.64. The third-order valence-electron chi connectivity index (χ3n) is 3.07. The predicted octanol–water partition coefficient (Wildman–Crippen LogP) is 4.15. The quantitative estimate of drug-likeness (QED) is 0.608. The molecule has 1 aromatic carbocycles. The van der Waals surface area contributed by atoms with Crippen molar-refractivity contribution in [2.75, 3.05) is 6.61 Å². The molecule has 0 unspecified atom stereocenters. The Hall–Kier alpha value is -2.81. The van der Waals surface area contributed by atoms with Gasteiger partial charge in [0.05, 0.1) is 10.6 Å². The van der Waals surface area contributed by atoms with Crippen molar-refractivity contribution >= 4 is 11.6 Å². The zero-order valence-electron chi connectivity index (χ0n) is 13.0. The first-order chi connectivity index (χ1) is 12.5. The lowest BCUT2D eigenvalue weighted by molar-refractivity contribution is 0.0799. The molecule has 3 rings (SSSR count). The summed E-state index contributed by atoms with van der Waals surface area (Å²) < 4.78 is 53.1. The van der Waals surface area contributed by atoms with Gasteiger partial charge < -0.3 is 14.0 Å². The number of benzene rings is 1. The van der Waals surface area contributed by atoms with Crippen molar-refractivity contribution in [3.63, 3.8) is 0 Å². The van der Waals surface area contributed by atoms with Crippen molar-refractivity contribution in [3.05, 3.63) is 53.3 Å². The molecule has 2 aromatic heterocycles. The number of hydrogen-bond acceptors (Lipinski definition) is 6. The molecule has 0 N–H and O–H groups in total. The van der Waals surface area contributed by atoms with Crippen LogP contribution in [0.4, 0.5) is 13.2 Å². The van der Waals surface area contributed by atoms with E-state index >= 15 is 0 Å². The van der Waals surface area contributed by atoms with E-state index in [9.17, 15) is 13.2 Å². The molecule has 136 valence electrons. The third-order valence-corrected chi connectivity index (χ3v) is 3.37. The minimum Gasteiger partial charge on any atom is -0.482 e. The van der Waals surface area contributed by atoms with Gasteiger partial charge in [-0.25, -0.2) is 18.2 Å². The molecule has 3 aromatic rings. The van der Waals surface area contributed by atoms with E-state index in [0.29, 0.717) is 5.56 Å². The molecule has 0 fully saturated rings. The van der Waals surface area contributed by atoms with Crippen molar-refractivity contribution in [3.8, 4) is 23.0 Å². The third kappa shape index (κ3) is 4.42. The van der Waals surface area contributed by atoms with Gasteiger partial charge in [0.25, 0.3) is 12.3 Å². The zero-order valence-corrected chi connectivity index (χ0v) is 13.8. The summed E-state index contributed by atoms with van der Waals surface area (Å²) in [5.74, 6) is -0.0802. The van der Waals surface area contributed by atoms with Crippen molar-refractivity contribution in [2.45, 2.75) is 13.0 Å². The SMILES string of the molecule is Fc1ccc(OCc2nc(-c3cccnc3OCC(F)F)no2)c(Cl)c1. The first kappa shape index (κ1) is 18.0. The van der Waals surface area contributed by atoms with Crippen LogP contribution in [0.25, 0.3) is 11.4 Å². The Morgan fingerprint density at radius 1 is 1.19 bits per heavy atom. The number of hydrogen-bond donors (Lipinski definition) is 0. The summed E-state index contributed by atoms with van der Waals surface area (Å²) in [6.07, 6.45) is -1.25. The Kier molecular flexibility index (Phi) is 5.57. The maximum absolute atomic E-state index is 13.0. The molecule has 0 radical (unpaired) electrons. The molecule has 26 heavy (non-hydrogen) atoms. The van der Waals surface area contributed by atoms with Crippen LogP contribution in [-0.4, -0.2) is 28.2 Å². The van der Waals surface area contributed by atoms with Gasteiger partial charge in [0.1, 0.15) is 11.6 Å². The summed E-state index contributed by atoms with van der Waals surface area (Å²) in [6.45, 7) is -0.924. The second-order valence-corrected chi connectivity index (χ2v) is 5.34. The molecule has 6 nitrogen and oxygen atoms in total. The largest absolute Gasteiger partial charge is 0.482 e. The Balaban J connectivity index is 1.72. The Morgan fingerprint density at radius 3 is 2.81 bits per heavy atom. The number of ether oxygens (including phenoxy) is 2. The van der Waals surface area contributed by atoms with Crippen molar-refractivity contribution < 1.29 is 27.2 Å². The fraction of sp³-hybridized carbons (Fsp3) is 0.188. The molecule has 0 aliphatic heterocycles. The summed E-state index contributed by atoms with van der Waals surface area (Å²) >= 11 is 5.86. The number of rotatable bonds is 7. The molecular formula is C16H11ClF3N3O3. The average Bonchev–Trinajstić information content (AvgIpc) is 3.08. The highest BCUT2D eigenvalue weighted by Gasteiger charge is 2.16. The summed E-state index contributed by atoms with van der Waals surface area (Å²) in [5, 5.41) is 3.85. The molecule has 0 bridgehead atoms. The highest BCUT2D eigenvalue weighted by molar-refractivity contribution is 6.32. The minimum absolute atomic E-state index is 0.0392. The topological polar surface area (TPSA) is 70.3 Å². The van der Waals surface area contributed by atoms with Gasteiger partial charge in [-0.3, -0.25) is 0 Å². The summed E-state index contributed by atoms with van der Waals surface area (Å²) in [4.78, 5) is 7.99. The van der Waals surface area contributed by atoms with Crippen molar-refractivity contribution in [1.29, 1.82) is 0 Å². The average molecular weight is 386 g/mol. The van der Waals surface area contributed by atoms with Gasteiger partial charge in [-0.2, -0.15) is 4.98 Å². The van der Waals surface area contributed by atoms with E-state index in [1.165, 1.54) is 18.3 Å². The van der Waals surface area contributed by atoms with E-state index in [2.05, 4.69) is 15.1 Å². The highest BCUT2D eigenvalue weighted by atomic mass is 35.5. The zero-order chi connectivity index (χ0) is 18.5. The standard InChI is InChI=1S/C16H11ClF3N3O3/c17-11-6-9(18)3-4-12(11)24-8-14-22-15(23-26-14)10-2-1-5-21-16(10)25-7-13(19)20/h1-6,13H,7-8H2. The number of pyridine rings is 1. The van der Waals surface area contributed by atoms with Gasteiger partial charge in [0.2, 0.25) is 11.7 Å². The van der Waals surface area contributed by atoms with Crippen molar-refractivity contribution in [2.24, 2.45) is 0 Å². The van der Waals surface area contributed by atoms with Gasteiger partial charge in [-0.05, 0) is 30.3 Å². The Labute approximate surface area is 150 Å². The first-order valence-electron chi connectivity index (χ1n) is 7.29. The van der Waals surface area contributed by atoms with E-state index in [1.54, 1.807) is 12.1 Å².